The van der Waals surface area contributed by atoms with E-state index in [0.29, 0.717) is 12.0 Å². The van der Waals surface area contributed by atoms with Crippen molar-refractivity contribution in [3.63, 3.8) is 0 Å². The Morgan fingerprint density at radius 2 is 1.95 bits per heavy atom. The van der Waals surface area contributed by atoms with E-state index in [0.717, 1.165) is 5.56 Å². The highest BCUT2D eigenvalue weighted by atomic mass is 16.5. The van der Waals surface area contributed by atoms with Crippen molar-refractivity contribution in [3.8, 4) is 0 Å². The molecule has 6 heteroatoms. The fourth-order valence-electron chi connectivity index (χ4n) is 2.15. The first-order valence-electron chi connectivity index (χ1n) is 7.21. The molecule has 0 radical (unpaired) electrons. The fourth-order valence-corrected chi connectivity index (χ4v) is 2.15. The lowest BCUT2D eigenvalue weighted by atomic mass is 9.94. The van der Waals surface area contributed by atoms with Gasteiger partial charge in [-0.25, -0.2) is 0 Å². The zero-order chi connectivity index (χ0) is 16.5. The van der Waals surface area contributed by atoms with Crippen LogP contribution >= 0.6 is 0 Å². The number of benzene rings is 1. The third-order valence-corrected chi connectivity index (χ3v) is 3.38. The van der Waals surface area contributed by atoms with Crippen LogP contribution in [0.15, 0.2) is 24.3 Å². The Hall–Kier alpha value is -1.92. The third-order valence-electron chi connectivity index (χ3n) is 3.38. The number of amides is 1. The molecule has 0 bridgehead atoms. The van der Waals surface area contributed by atoms with Gasteiger partial charge in [0.15, 0.2) is 0 Å². The average Bonchev–Trinajstić information content (AvgIpc) is 2.51. The fraction of sp³-hybridized carbons (Fsp3) is 0.500. The minimum atomic E-state index is -1.07. The first-order chi connectivity index (χ1) is 10.5. The number of aliphatic hydroxyl groups is 2. The molecule has 1 aromatic rings. The molecule has 0 aliphatic carbocycles. The molecule has 0 spiro atoms. The number of aliphatic hydroxyl groups excluding tert-OH is 2. The van der Waals surface area contributed by atoms with Gasteiger partial charge in [-0.2, -0.15) is 0 Å². The highest BCUT2D eigenvalue weighted by Crippen LogP contribution is 2.23. The second-order valence-electron chi connectivity index (χ2n) is 5.06. The van der Waals surface area contributed by atoms with Gasteiger partial charge in [-0.15, -0.1) is 0 Å². The number of carbonyl (C=O) groups excluding carboxylic acids is 2. The molecule has 0 aromatic heterocycles. The van der Waals surface area contributed by atoms with Gasteiger partial charge in [-0.3, -0.25) is 9.59 Å². The average molecular weight is 309 g/mol. The SMILES string of the molecule is COC(=O)CCc1ccccc1C(O)C(O)CCNC(C)=O. The van der Waals surface area contributed by atoms with Crippen molar-refractivity contribution in [3.05, 3.63) is 35.4 Å². The normalized spacial score (nSPS) is 13.3. The lowest BCUT2D eigenvalue weighted by Crippen LogP contribution is -2.28. The molecule has 1 rings (SSSR count). The number of methoxy groups -OCH3 is 1. The lowest BCUT2D eigenvalue weighted by Gasteiger charge is -2.21. The van der Waals surface area contributed by atoms with Gasteiger partial charge in [0, 0.05) is 19.9 Å². The molecule has 6 nitrogen and oxygen atoms in total. The number of nitrogens with one attached hydrogen (secondary N) is 1. The highest BCUT2D eigenvalue weighted by molar-refractivity contribution is 5.72. The number of aryl methyl sites for hydroxylation is 1. The summed E-state index contributed by atoms with van der Waals surface area (Å²) in [5, 5.41) is 22.9. The number of esters is 1. The monoisotopic (exact) mass is 309 g/mol. The second kappa shape index (κ2) is 9.17. The van der Waals surface area contributed by atoms with E-state index in [4.69, 9.17) is 0 Å². The van der Waals surface area contributed by atoms with Crippen molar-refractivity contribution < 1.29 is 24.5 Å². The predicted octanol–water partition coefficient (Wildman–Crippen LogP) is 0.713. The van der Waals surface area contributed by atoms with Crippen molar-refractivity contribution in [2.24, 2.45) is 0 Å². The van der Waals surface area contributed by atoms with E-state index < -0.39 is 12.2 Å². The summed E-state index contributed by atoms with van der Waals surface area (Å²) in [5.41, 5.74) is 1.38. The summed E-state index contributed by atoms with van der Waals surface area (Å²) in [4.78, 5) is 22.0. The quantitative estimate of drug-likeness (QED) is 0.615. The van der Waals surface area contributed by atoms with E-state index >= 15 is 0 Å². The van der Waals surface area contributed by atoms with Gasteiger partial charge in [0.2, 0.25) is 5.91 Å². The standard InChI is InChI=1S/C16H23NO5/c1-11(18)17-10-9-14(19)16(21)13-6-4-3-5-12(13)7-8-15(20)22-2/h3-6,14,16,19,21H,7-10H2,1-2H3,(H,17,18). The van der Waals surface area contributed by atoms with Gasteiger partial charge >= 0.3 is 5.97 Å². The minimum Gasteiger partial charge on any atom is -0.469 e. The van der Waals surface area contributed by atoms with Crippen molar-refractivity contribution >= 4 is 11.9 Å². The van der Waals surface area contributed by atoms with Gasteiger partial charge in [0.05, 0.1) is 13.2 Å². The molecule has 0 saturated carbocycles. The molecule has 0 heterocycles. The van der Waals surface area contributed by atoms with Crippen LogP contribution in [0.5, 0.6) is 0 Å². The maximum atomic E-state index is 11.2. The summed E-state index contributed by atoms with van der Waals surface area (Å²) in [7, 11) is 1.33. The Kier molecular flexibility index (Phi) is 7.56. The Morgan fingerprint density at radius 3 is 2.59 bits per heavy atom. The summed E-state index contributed by atoms with van der Waals surface area (Å²) in [6.07, 6.45) is -1.18. The molecule has 2 unspecified atom stereocenters. The molecule has 0 aliphatic heterocycles. The first kappa shape index (κ1) is 18.1. The van der Waals surface area contributed by atoms with Crippen LogP contribution in [0.4, 0.5) is 0 Å². The zero-order valence-electron chi connectivity index (χ0n) is 12.9. The van der Waals surface area contributed by atoms with Crippen LogP contribution in [-0.2, 0) is 20.7 Å². The molecule has 1 aromatic carbocycles. The smallest absolute Gasteiger partial charge is 0.305 e. The topological polar surface area (TPSA) is 95.9 Å². The molecule has 0 aliphatic rings. The van der Waals surface area contributed by atoms with E-state index in [1.54, 1.807) is 12.1 Å². The van der Waals surface area contributed by atoms with Crippen molar-refractivity contribution in [2.75, 3.05) is 13.7 Å². The summed E-state index contributed by atoms with van der Waals surface area (Å²) in [6, 6.07) is 7.11. The summed E-state index contributed by atoms with van der Waals surface area (Å²) >= 11 is 0. The van der Waals surface area contributed by atoms with Gasteiger partial charge < -0.3 is 20.3 Å². The molecule has 3 N–H and O–H groups in total. The summed E-state index contributed by atoms with van der Waals surface area (Å²) < 4.78 is 4.60. The van der Waals surface area contributed by atoms with E-state index in [9.17, 15) is 19.8 Å². The van der Waals surface area contributed by atoms with Crippen LogP contribution in [0.1, 0.15) is 37.0 Å². The van der Waals surface area contributed by atoms with Crippen LogP contribution < -0.4 is 5.32 Å². The molecule has 0 fully saturated rings. The van der Waals surface area contributed by atoms with Crippen molar-refractivity contribution in [2.45, 2.75) is 38.4 Å². The van der Waals surface area contributed by atoms with Crippen LogP contribution in [0.3, 0.4) is 0 Å². The molecule has 2 atom stereocenters. The van der Waals surface area contributed by atoms with Crippen LogP contribution in [-0.4, -0.2) is 41.8 Å². The molecule has 22 heavy (non-hydrogen) atoms. The van der Waals surface area contributed by atoms with Crippen LogP contribution in [0.2, 0.25) is 0 Å². The Morgan fingerprint density at radius 1 is 1.27 bits per heavy atom. The number of carbonyl (C=O) groups is 2. The first-order valence-corrected chi connectivity index (χ1v) is 7.21. The van der Waals surface area contributed by atoms with Crippen LogP contribution in [0.25, 0.3) is 0 Å². The lowest BCUT2D eigenvalue weighted by molar-refractivity contribution is -0.140. The number of rotatable bonds is 8. The third kappa shape index (κ3) is 5.83. The second-order valence-corrected chi connectivity index (χ2v) is 5.06. The van der Waals surface area contributed by atoms with Gasteiger partial charge in [0.25, 0.3) is 0 Å². The Balaban J connectivity index is 2.69. The number of ether oxygens (including phenoxy) is 1. The van der Waals surface area contributed by atoms with Crippen LogP contribution in [0, 0.1) is 0 Å². The Labute approximate surface area is 130 Å². The maximum Gasteiger partial charge on any atom is 0.305 e. The molecule has 1 amide bonds. The number of hydrogen-bond acceptors (Lipinski definition) is 5. The van der Waals surface area contributed by atoms with Crippen molar-refractivity contribution in [1.29, 1.82) is 0 Å². The largest absolute Gasteiger partial charge is 0.469 e. The number of hydrogen-bond donors (Lipinski definition) is 3. The maximum absolute atomic E-state index is 11.2. The van der Waals surface area contributed by atoms with E-state index in [-0.39, 0.29) is 31.3 Å². The predicted molar refractivity (Wildman–Crippen MR) is 81.0 cm³/mol. The molecular weight excluding hydrogens is 286 g/mol. The zero-order valence-corrected chi connectivity index (χ0v) is 12.9. The van der Waals surface area contributed by atoms with Gasteiger partial charge in [0.1, 0.15) is 6.10 Å². The minimum absolute atomic E-state index is 0.180. The molecule has 122 valence electrons. The van der Waals surface area contributed by atoms with Crippen molar-refractivity contribution in [1.82, 2.24) is 5.32 Å². The molecule has 0 saturated heterocycles. The Bertz CT molecular complexity index is 503. The van der Waals surface area contributed by atoms with Gasteiger partial charge in [-0.05, 0) is 24.0 Å². The molecular formula is C16H23NO5. The van der Waals surface area contributed by atoms with E-state index in [1.165, 1.54) is 14.0 Å². The summed E-state index contributed by atoms with van der Waals surface area (Å²) in [6.45, 7) is 1.68. The van der Waals surface area contributed by atoms with E-state index in [1.807, 2.05) is 12.1 Å². The summed E-state index contributed by atoms with van der Waals surface area (Å²) in [5.74, 6) is -0.504. The highest BCUT2D eigenvalue weighted by Gasteiger charge is 2.21. The van der Waals surface area contributed by atoms with E-state index in [2.05, 4.69) is 10.1 Å². The van der Waals surface area contributed by atoms with Gasteiger partial charge in [-0.1, -0.05) is 24.3 Å².